The quantitative estimate of drug-likeness (QED) is 0.734. The molecular weight excluding hydrogens is 222 g/mol. The highest BCUT2D eigenvalue weighted by Gasteiger charge is 2.04. The van der Waals surface area contributed by atoms with Crippen LogP contribution in [0.15, 0.2) is 48.5 Å². The third kappa shape index (κ3) is 2.09. The van der Waals surface area contributed by atoms with Gasteiger partial charge < -0.3 is 9.72 Å². The second-order valence-electron chi connectivity index (χ2n) is 4.35. The van der Waals surface area contributed by atoms with E-state index in [0.717, 1.165) is 11.3 Å². The van der Waals surface area contributed by atoms with Crippen LogP contribution in [-0.4, -0.2) is 4.98 Å². The zero-order valence-corrected chi connectivity index (χ0v) is 10.2. The Bertz CT molecular complexity index is 655. The van der Waals surface area contributed by atoms with E-state index in [9.17, 15) is 0 Å². The molecule has 0 saturated heterocycles. The predicted molar refractivity (Wildman–Crippen MR) is 72.6 cm³/mol. The third-order valence-corrected chi connectivity index (χ3v) is 2.95. The minimum Gasteiger partial charge on any atom is -0.488 e. The van der Waals surface area contributed by atoms with Crippen LogP contribution in [0.1, 0.15) is 11.3 Å². The lowest BCUT2D eigenvalue weighted by Gasteiger charge is -2.06. The molecule has 2 nitrogen and oxygen atoms in total. The highest BCUT2D eigenvalue weighted by atomic mass is 16.5. The van der Waals surface area contributed by atoms with Crippen LogP contribution in [0.3, 0.4) is 0 Å². The lowest BCUT2D eigenvalue weighted by Crippen LogP contribution is -1.95. The number of aromatic amines is 1. The first kappa shape index (κ1) is 10.9. The van der Waals surface area contributed by atoms with Crippen LogP contribution < -0.4 is 4.74 Å². The van der Waals surface area contributed by atoms with Crippen molar-refractivity contribution >= 4 is 10.9 Å². The number of nitrogens with one attached hydrogen (secondary N) is 1. The summed E-state index contributed by atoms with van der Waals surface area (Å²) in [4.78, 5) is 3.33. The lowest BCUT2D eigenvalue weighted by atomic mass is 10.1. The molecule has 0 unspecified atom stereocenters. The summed E-state index contributed by atoms with van der Waals surface area (Å²) in [6.45, 7) is 2.63. The Hall–Kier alpha value is -2.22. The Morgan fingerprint density at radius 2 is 2.11 bits per heavy atom. The second kappa shape index (κ2) is 4.57. The van der Waals surface area contributed by atoms with Gasteiger partial charge in [0.1, 0.15) is 12.4 Å². The molecule has 89 valence electrons. The van der Waals surface area contributed by atoms with Gasteiger partial charge in [-0.2, -0.15) is 0 Å². The van der Waals surface area contributed by atoms with Gasteiger partial charge in [-0.05, 0) is 30.7 Å². The summed E-state index contributed by atoms with van der Waals surface area (Å²) in [7, 11) is 0. The monoisotopic (exact) mass is 236 g/mol. The Balaban J connectivity index is 1.86. The van der Waals surface area contributed by atoms with Gasteiger partial charge in [0.2, 0.25) is 0 Å². The molecule has 0 aliphatic carbocycles. The summed E-state index contributed by atoms with van der Waals surface area (Å²) in [5.74, 6) is 0.779. The number of fused-ring (bicyclic) bond motifs is 1. The number of para-hydroxylation sites is 1. The Morgan fingerprint density at radius 1 is 1.17 bits per heavy atom. The van der Waals surface area contributed by atoms with Gasteiger partial charge >= 0.3 is 0 Å². The van der Waals surface area contributed by atoms with E-state index < -0.39 is 0 Å². The number of aromatic nitrogens is 1. The van der Waals surface area contributed by atoms with Crippen LogP contribution in [0.4, 0.5) is 0 Å². The van der Waals surface area contributed by atoms with Gasteiger partial charge in [-0.3, -0.25) is 0 Å². The van der Waals surface area contributed by atoms with Crippen molar-refractivity contribution in [2.75, 3.05) is 0 Å². The van der Waals surface area contributed by atoms with E-state index in [1.54, 1.807) is 0 Å². The number of hydrogen-bond donors (Lipinski definition) is 1. The molecular formula is C16H14NO. The average Bonchev–Trinajstić information content (AvgIpc) is 2.78. The number of ether oxygens (including phenoxy) is 1. The maximum Gasteiger partial charge on any atom is 0.127 e. The summed E-state index contributed by atoms with van der Waals surface area (Å²) < 4.78 is 5.74. The van der Waals surface area contributed by atoms with E-state index >= 15 is 0 Å². The van der Waals surface area contributed by atoms with E-state index in [1.165, 1.54) is 16.6 Å². The molecule has 0 amide bonds. The minimum atomic E-state index is 0.565. The fourth-order valence-electron chi connectivity index (χ4n) is 2.11. The second-order valence-corrected chi connectivity index (χ2v) is 4.35. The van der Waals surface area contributed by atoms with E-state index in [1.807, 2.05) is 30.3 Å². The zero-order chi connectivity index (χ0) is 12.4. The van der Waals surface area contributed by atoms with Crippen LogP contribution in [0.2, 0.25) is 0 Å². The molecule has 0 aliphatic rings. The van der Waals surface area contributed by atoms with E-state index in [0.29, 0.717) is 6.61 Å². The van der Waals surface area contributed by atoms with Crippen molar-refractivity contribution in [2.45, 2.75) is 13.5 Å². The van der Waals surface area contributed by atoms with Gasteiger partial charge in [-0.1, -0.05) is 30.3 Å². The molecule has 1 aromatic heterocycles. The van der Waals surface area contributed by atoms with Crippen molar-refractivity contribution < 1.29 is 4.74 Å². The van der Waals surface area contributed by atoms with Crippen LogP contribution in [0.5, 0.6) is 5.75 Å². The van der Waals surface area contributed by atoms with Crippen molar-refractivity contribution in [3.8, 4) is 5.75 Å². The fourth-order valence-corrected chi connectivity index (χ4v) is 2.11. The van der Waals surface area contributed by atoms with Crippen LogP contribution >= 0.6 is 0 Å². The summed E-state index contributed by atoms with van der Waals surface area (Å²) in [5.41, 5.74) is 3.52. The van der Waals surface area contributed by atoms with Gasteiger partial charge in [-0.15, -0.1) is 0 Å². The maximum absolute atomic E-state index is 5.74. The molecule has 2 aromatic carbocycles. The molecule has 18 heavy (non-hydrogen) atoms. The maximum atomic E-state index is 5.74. The Labute approximate surface area is 106 Å². The minimum absolute atomic E-state index is 0.565. The molecule has 0 bridgehead atoms. The molecule has 1 N–H and O–H groups in total. The molecule has 3 aromatic rings. The molecule has 0 aliphatic heterocycles. The largest absolute Gasteiger partial charge is 0.488 e. The summed E-state index contributed by atoms with van der Waals surface area (Å²) in [6.07, 6.45) is 0. The molecule has 3 rings (SSSR count). The molecule has 2 heteroatoms. The molecule has 0 saturated carbocycles. The number of aryl methyl sites for hydroxylation is 1. The molecule has 1 radical (unpaired) electrons. The van der Waals surface area contributed by atoms with E-state index in [2.05, 4.69) is 36.2 Å². The highest BCUT2D eigenvalue weighted by Crippen LogP contribution is 2.21. The Kier molecular flexibility index (Phi) is 2.77. The smallest absolute Gasteiger partial charge is 0.127 e. The van der Waals surface area contributed by atoms with Crippen LogP contribution in [-0.2, 0) is 6.61 Å². The van der Waals surface area contributed by atoms with Gasteiger partial charge in [0.25, 0.3) is 0 Å². The highest BCUT2D eigenvalue weighted by molar-refractivity contribution is 5.83. The van der Waals surface area contributed by atoms with Crippen molar-refractivity contribution in [1.82, 2.24) is 4.98 Å². The van der Waals surface area contributed by atoms with Crippen molar-refractivity contribution in [3.05, 3.63) is 65.9 Å². The van der Waals surface area contributed by atoms with Crippen molar-refractivity contribution in [2.24, 2.45) is 0 Å². The van der Waals surface area contributed by atoms with E-state index in [4.69, 9.17) is 4.74 Å². The number of benzene rings is 2. The van der Waals surface area contributed by atoms with Crippen molar-refractivity contribution in [3.63, 3.8) is 0 Å². The third-order valence-electron chi connectivity index (χ3n) is 2.95. The standard InChI is InChI=1S/C16H14NO/c1-12-10-15-13(6-5-9-16(15)17-12)11-18-14-7-3-2-4-8-14/h2-7,9-10,17H,11H2,1H3. The summed E-state index contributed by atoms with van der Waals surface area (Å²) in [5, 5.41) is 1.23. The average molecular weight is 236 g/mol. The van der Waals surface area contributed by atoms with Crippen LogP contribution in [0, 0.1) is 13.0 Å². The number of hydrogen-bond acceptors (Lipinski definition) is 1. The normalized spacial score (nSPS) is 10.7. The lowest BCUT2D eigenvalue weighted by molar-refractivity contribution is 0.307. The van der Waals surface area contributed by atoms with Gasteiger partial charge in [-0.25, -0.2) is 0 Å². The fraction of sp³-hybridized carbons (Fsp3) is 0.125. The van der Waals surface area contributed by atoms with Crippen LogP contribution in [0.25, 0.3) is 10.9 Å². The topological polar surface area (TPSA) is 25.0 Å². The summed E-state index contributed by atoms with van der Waals surface area (Å²) >= 11 is 0. The zero-order valence-electron chi connectivity index (χ0n) is 10.2. The van der Waals surface area contributed by atoms with Gasteiger partial charge in [0.15, 0.2) is 0 Å². The van der Waals surface area contributed by atoms with Gasteiger partial charge in [0.05, 0.1) is 0 Å². The first-order valence-electron chi connectivity index (χ1n) is 6.00. The number of rotatable bonds is 3. The van der Waals surface area contributed by atoms with Crippen molar-refractivity contribution in [1.29, 1.82) is 0 Å². The molecule has 0 atom stereocenters. The SMILES string of the molecule is Cc1cc2c(COc3[c]cccc3)cccc2[nH]1. The van der Waals surface area contributed by atoms with Gasteiger partial charge in [0, 0.05) is 22.7 Å². The molecule has 1 heterocycles. The predicted octanol–water partition coefficient (Wildman–Crippen LogP) is 3.86. The molecule has 0 spiro atoms. The van der Waals surface area contributed by atoms with E-state index in [-0.39, 0.29) is 0 Å². The Morgan fingerprint density at radius 3 is 2.94 bits per heavy atom. The summed E-state index contributed by atoms with van der Waals surface area (Å²) in [6, 6.07) is 19.1. The number of H-pyrrole nitrogens is 1. The molecule has 0 fully saturated rings. The first-order valence-corrected chi connectivity index (χ1v) is 6.00. The first-order chi connectivity index (χ1) is 8.83.